The number of hydrogen-bond acceptors (Lipinski definition) is 4. The maximum Gasteiger partial charge on any atom is 0.253 e. The van der Waals surface area contributed by atoms with Crippen molar-refractivity contribution >= 4 is 16.8 Å². The third-order valence-corrected chi connectivity index (χ3v) is 3.22. The van der Waals surface area contributed by atoms with E-state index in [0.717, 1.165) is 5.39 Å². The number of nitrogens with zero attached hydrogens (tertiary/aromatic N) is 2. The van der Waals surface area contributed by atoms with Crippen molar-refractivity contribution in [2.75, 3.05) is 0 Å². The number of aromatic nitrogens is 3. The zero-order valence-electron chi connectivity index (χ0n) is 12.0. The molecule has 0 radical (unpaired) electrons. The number of H-pyrrole nitrogens is 1. The Bertz CT molecular complexity index is 897. The molecule has 1 aromatic carbocycles. The van der Waals surface area contributed by atoms with Crippen molar-refractivity contribution in [3.05, 3.63) is 70.0 Å². The molecule has 0 aliphatic carbocycles. The number of pyridine rings is 1. The molecule has 3 rings (SSSR count). The van der Waals surface area contributed by atoms with E-state index < -0.39 is 0 Å². The van der Waals surface area contributed by atoms with Crippen molar-refractivity contribution in [1.82, 2.24) is 20.3 Å². The van der Waals surface area contributed by atoms with E-state index in [-0.39, 0.29) is 18.0 Å². The minimum atomic E-state index is -0.246. The Morgan fingerprint density at radius 3 is 2.91 bits per heavy atom. The van der Waals surface area contributed by atoms with Gasteiger partial charge in [0.1, 0.15) is 5.82 Å². The van der Waals surface area contributed by atoms with Gasteiger partial charge in [-0.15, -0.1) is 0 Å². The third kappa shape index (κ3) is 2.85. The summed E-state index contributed by atoms with van der Waals surface area (Å²) in [6.45, 7) is 1.88. The quantitative estimate of drug-likeness (QED) is 0.767. The van der Waals surface area contributed by atoms with Gasteiger partial charge in [-0.25, -0.2) is 4.98 Å². The predicted molar refractivity (Wildman–Crippen MR) is 82.5 cm³/mol. The van der Waals surface area contributed by atoms with E-state index in [9.17, 15) is 9.59 Å². The number of carbonyl (C=O) groups is 1. The van der Waals surface area contributed by atoms with E-state index in [0.29, 0.717) is 22.6 Å². The van der Waals surface area contributed by atoms with E-state index in [1.54, 1.807) is 19.2 Å². The fourth-order valence-electron chi connectivity index (χ4n) is 2.29. The van der Waals surface area contributed by atoms with Crippen molar-refractivity contribution in [2.24, 2.45) is 0 Å². The number of para-hydroxylation sites is 1. The summed E-state index contributed by atoms with van der Waals surface area (Å²) in [7, 11) is 0. The van der Waals surface area contributed by atoms with Gasteiger partial charge in [0.25, 0.3) is 11.5 Å². The Morgan fingerprint density at radius 2 is 2.09 bits per heavy atom. The number of hydrogen-bond donors (Lipinski definition) is 2. The van der Waals surface area contributed by atoms with E-state index in [4.69, 9.17) is 0 Å². The summed E-state index contributed by atoms with van der Waals surface area (Å²) in [5.74, 6) is 0.271. The molecule has 1 amide bonds. The Morgan fingerprint density at radius 1 is 1.27 bits per heavy atom. The number of aryl methyl sites for hydroxylation is 1. The number of aromatic amines is 1. The summed E-state index contributed by atoms with van der Waals surface area (Å²) >= 11 is 0. The maximum atomic E-state index is 12.3. The fraction of sp³-hybridized carbons (Fsp3) is 0.125. The van der Waals surface area contributed by atoms with Crippen LogP contribution in [0.4, 0.5) is 0 Å². The number of nitrogens with one attached hydrogen (secondary N) is 2. The van der Waals surface area contributed by atoms with E-state index in [1.165, 1.54) is 6.07 Å². The fourth-order valence-corrected chi connectivity index (χ4v) is 2.29. The van der Waals surface area contributed by atoms with Gasteiger partial charge in [0.15, 0.2) is 0 Å². The van der Waals surface area contributed by atoms with Crippen LogP contribution in [0, 0.1) is 6.92 Å². The molecule has 3 aromatic rings. The summed E-state index contributed by atoms with van der Waals surface area (Å²) < 4.78 is 0. The molecule has 0 aliphatic rings. The largest absolute Gasteiger partial charge is 0.346 e. The van der Waals surface area contributed by atoms with Crippen molar-refractivity contribution < 1.29 is 4.79 Å². The van der Waals surface area contributed by atoms with Crippen molar-refractivity contribution in [3.8, 4) is 0 Å². The van der Waals surface area contributed by atoms with Crippen LogP contribution in [0.15, 0.2) is 47.4 Å². The van der Waals surface area contributed by atoms with Gasteiger partial charge in [-0.3, -0.25) is 14.6 Å². The lowest BCUT2D eigenvalue weighted by atomic mass is 10.1. The zero-order valence-corrected chi connectivity index (χ0v) is 12.0. The first kappa shape index (κ1) is 13.9. The topological polar surface area (TPSA) is 87.7 Å². The molecular formula is C16H14N4O2. The molecule has 0 aliphatic heterocycles. The summed E-state index contributed by atoms with van der Waals surface area (Å²) in [4.78, 5) is 34.7. The first-order valence-corrected chi connectivity index (χ1v) is 6.82. The number of fused-ring (bicyclic) bond motifs is 1. The van der Waals surface area contributed by atoms with Crippen LogP contribution >= 0.6 is 0 Å². The minimum Gasteiger partial charge on any atom is -0.346 e. The maximum absolute atomic E-state index is 12.3. The lowest BCUT2D eigenvalue weighted by molar-refractivity contribution is 0.0952. The highest BCUT2D eigenvalue weighted by Crippen LogP contribution is 2.15. The standard InChI is InChI=1S/C16H14N4O2/c1-10-19-12(8-14(21)20-10)9-18-16(22)13-6-2-4-11-5-3-7-17-15(11)13/h2-8H,9H2,1H3,(H,18,22)(H,19,20,21). The Hall–Kier alpha value is -3.02. The molecule has 22 heavy (non-hydrogen) atoms. The number of rotatable bonds is 3. The van der Waals surface area contributed by atoms with Crippen LogP contribution in [0.2, 0.25) is 0 Å². The van der Waals surface area contributed by atoms with Crippen molar-refractivity contribution in [2.45, 2.75) is 13.5 Å². The molecule has 0 saturated carbocycles. The van der Waals surface area contributed by atoms with Crippen LogP contribution in [0.5, 0.6) is 0 Å². The average Bonchev–Trinajstić information content (AvgIpc) is 2.51. The van der Waals surface area contributed by atoms with Gasteiger partial charge < -0.3 is 10.3 Å². The molecule has 2 heterocycles. The number of benzene rings is 1. The van der Waals surface area contributed by atoms with Crippen LogP contribution in [0.25, 0.3) is 10.9 Å². The minimum absolute atomic E-state index is 0.187. The van der Waals surface area contributed by atoms with Crippen LogP contribution < -0.4 is 10.9 Å². The average molecular weight is 294 g/mol. The molecule has 0 fully saturated rings. The van der Waals surface area contributed by atoms with E-state index in [2.05, 4.69) is 20.3 Å². The smallest absolute Gasteiger partial charge is 0.253 e. The lowest BCUT2D eigenvalue weighted by Gasteiger charge is -2.07. The summed E-state index contributed by atoms with van der Waals surface area (Å²) in [6, 6.07) is 10.5. The van der Waals surface area contributed by atoms with Gasteiger partial charge in [-0.05, 0) is 19.1 Å². The van der Waals surface area contributed by atoms with E-state index >= 15 is 0 Å². The number of carbonyl (C=O) groups excluding carboxylic acids is 1. The van der Waals surface area contributed by atoms with Crippen LogP contribution in [-0.2, 0) is 6.54 Å². The molecule has 2 N–H and O–H groups in total. The highest BCUT2D eigenvalue weighted by atomic mass is 16.1. The first-order valence-electron chi connectivity index (χ1n) is 6.82. The van der Waals surface area contributed by atoms with Gasteiger partial charge in [0, 0.05) is 17.6 Å². The Labute approximate surface area is 126 Å². The SMILES string of the molecule is Cc1nc(CNC(=O)c2cccc3cccnc23)cc(=O)[nH]1. The van der Waals surface area contributed by atoms with Crippen LogP contribution in [-0.4, -0.2) is 20.9 Å². The summed E-state index contributed by atoms with van der Waals surface area (Å²) in [5, 5.41) is 3.67. The normalized spacial score (nSPS) is 10.6. The number of amides is 1. The first-order chi connectivity index (χ1) is 10.6. The molecule has 0 saturated heterocycles. The Kier molecular flexibility index (Phi) is 3.65. The molecule has 0 unspecified atom stereocenters. The summed E-state index contributed by atoms with van der Waals surface area (Å²) in [6.07, 6.45) is 1.65. The molecule has 6 nitrogen and oxygen atoms in total. The molecule has 110 valence electrons. The van der Waals surface area contributed by atoms with Gasteiger partial charge in [0.2, 0.25) is 0 Å². The third-order valence-electron chi connectivity index (χ3n) is 3.22. The Balaban J connectivity index is 1.83. The monoisotopic (exact) mass is 294 g/mol. The van der Waals surface area contributed by atoms with Crippen LogP contribution in [0.3, 0.4) is 0 Å². The van der Waals surface area contributed by atoms with Crippen LogP contribution in [0.1, 0.15) is 21.9 Å². The highest BCUT2D eigenvalue weighted by Gasteiger charge is 2.10. The second kappa shape index (κ2) is 5.77. The lowest BCUT2D eigenvalue weighted by Crippen LogP contribution is -2.25. The zero-order chi connectivity index (χ0) is 15.5. The van der Waals surface area contributed by atoms with Gasteiger partial charge in [0.05, 0.1) is 23.3 Å². The predicted octanol–water partition coefficient (Wildman–Crippen LogP) is 1.56. The molecule has 0 atom stereocenters. The van der Waals surface area contributed by atoms with Gasteiger partial charge >= 0.3 is 0 Å². The highest BCUT2D eigenvalue weighted by molar-refractivity contribution is 6.05. The molecule has 0 spiro atoms. The van der Waals surface area contributed by atoms with E-state index in [1.807, 2.05) is 24.3 Å². The van der Waals surface area contributed by atoms with Gasteiger partial charge in [-0.2, -0.15) is 0 Å². The molecular weight excluding hydrogens is 280 g/mol. The van der Waals surface area contributed by atoms with Crippen molar-refractivity contribution in [3.63, 3.8) is 0 Å². The molecule has 2 aromatic heterocycles. The second-order valence-corrected chi connectivity index (χ2v) is 4.89. The molecule has 6 heteroatoms. The van der Waals surface area contributed by atoms with Crippen molar-refractivity contribution in [1.29, 1.82) is 0 Å². The second-order valence-electron chi connectivity index (χ2n) is 4.89. The summed E-state index contributed by atoms with van der Waals surface area (Å²) in [5.41, 5.74) is 1.43. The van der Waals surface area contributed by atoms with Gasteiger partial charge in [-0.1, -0.05) is 18.2 Å². The molecule has 0 bridgehead atoms.